The van der Waals surface area contributed by atoms with Crippen molar-refractivity contribution in [3.63, 3.8) is 0 Å². The van der Waals surface area contributed by atoms with Gasteiger partial charge in [0.15, 0.2) is 0 Å². The van der Waals surface area contributed by atoms with Gasteiger partial charge in [0.1, 0.15) is 0 Å². The Kier molecular flexibility index (Phi) is 3.25. The minimum atomic E-state index is -0.0694. The van der Waals surface area contributed by atoms with Crippen LogP contribution in [0.1, 0.15) is 13.3 Å². The van der Waals surface area contributed by atoms with Gasteiger partial charge in [0.05, 0.1) is 5.54 Å². The predicted octanol–water partition coefficient (Wildman–Crippen LogP) is 0.656. The first kappa shape index (κ1) is 10.4. The van der Waals surface area contributed by atoms with Crippen LogP contribution in [0.25, 0.3) is 0 Å². The Morgan fingerprint density at radius 1 is 1.62 bits per heavy atom. The van der Waals surface area contributed by atoms with E-state index >= 15 is 0 Å². The highest BCUT2D eigenvalue weighted by atomic mass is 15.3. The van der Waals surface area contributed by atoms with Crippen molar-refractivity contribution in [2.45, 2.75) is 18.9 Å². The van der Waals surface area contributed by atoms with Crippen LogP contribution in [0.4, 0.5) is 0 Å². The summed E-state index contributed by atoms with van der Waals surface area (Å²) in [5, 5.41) is 0. The Bertz CT molecular complexity index is 230. The van der Waals surface area contributed by atoms with Gasteiger partial charge in [-0.25, -0.2) is 0 Å². The molecule has 0 radical (unpaired) electrons. The Morgan fingerprint density at radius 3 is 2.85 bits per heavy atom. The second kappa shape index (κ2) is 4.05. The minimum Gasteiger partial charge on any atom is -0.305 e. The maximum atomic E-state index is 5.49. The van der Waals surface area contributed by atoms with Crippen LogP contribution in [0.15, 0.2) is 23.8 Å². The number of rotatable bonds is 3. The fourth-order valence-corrected chi connectivity index (χ4v) is 1.60. The molecule has 0 amide bonds. The van der Waals surface area contributed by atoms with Crippen LogP contribution in [0.5, 0.6) is 0 Å². The van der Waals surface area contributed by atoms with Gasteiger partial charge in [-0.1, -0.05) is 23.8 Å². The first-order valence-corrected chi connectivity index (χ1v) is 4.55. The molecule has 1 rings (SSSR count). The minimum absolute atomic E-state index is 0.0694. The molecule has 0 bridgehead atoms. The van der Waals surface area contributed by atoms with E-state index in [0.29, 0.717) is 0 Å². The summed E-state index contributed by atoms with van der Waals surface area (Å²) in [6.45, 7) is 3.10. The van der Waals surface area contributed by atoms with Crippen molar-refractivity contribution >= 4 is 0 Å². The molecule has 1 unspecified atom stereocenters. The van der Waals surface area contributed by atoms with Crippen molar-refractivity contribution < 1.29 is 0 Å². The number of hydrogen-bond donors (Lipinski definition) is 2. The molecule has 13 heavy (non-hydrogen) atoms. The Labute approximate surface area is 80.3 Å². The first-order valence-electron chi connectivity index (χ1n) is 4.55. The van der Waals surface area contributed by atoms with E-state index in [-0.39, 0.29) is 5.54 Å². The normalized spacial score (nSPS) is 27.9. The molecule has 0 saturated carbocycles. The molecular weight excluding hydrogens is 162 g/mol. The number of hydrogen-bond acceptors (Lipinski definition) is 3. The van der Waals surface area contributed by atoms with Gasteiger partial charge in [-0.3, -0.25) is 11.3 Å². The van der Waals surface area contributed by atoms with Crippen LogP contribution >= 0.6 is 0 Å². The van der Waals surface area contributed by atoms with E-state index in [1.165, 1.54) is 5.57 Å². The molecule has 3 heteroatoms. The standard InChI is InChI=1S/C10H19N3/c1-10(12-11)6-4-5-9(7-10)8-13(2)3/h4-6,12H,7-8,11H2,1-3H3. The molecule has 0 aliphatic heterocycles. The SMILES string of the molecule is CN(C)CC1=CC=CC(C)(NN)C1. The lowest BCUT2D eigenvalue weighted by molar-refractivity contribution is 0.396. The molecule has 74 valence electrons. The van der Waals surface area contributed by atoms with Crippen LogP contribution < -0.4 is 11.3 Å². The molecule has 3 N–H and O–H groups in total. The Morgan fingerprint density at radius 2 is 2.31 bits per heavy atom. The van der Waals surface area contributed by atoms with Gasteiger partial charge in [-0.15, -0.1) is 0 Å². The third-order valence-corrected chi connectivity index (χ3v) is 2.24. The maximum Gasteiger partial charge on any atom is 0.0513 e. The molecule has 0 aromatic rings. The maximum absolute atomic E-state index is 5.49. The summed E-state index contributed by atoms with van der Waals surface area (Å²) in [5.74, 6) is 5.49. The number of likely N-dealkylation sites (N-methyl/N-ethyl adjacent to an activating group) is 1. The number of nitrogens with zero attached hydrogens (tertiary/aromatic N) is 1. The average molecular weight is 181 g/mol. The van der Waals surface area contributed by atoms with Gasteiger partial charge < -0.3 is 4.90 Å². The van der Waals surface area contributed by atoms with E-state index in [1.54, 1.807) is 0 Å². The molecule has 0 aromatic carbocycles. The zero-order valence-electron chi connectivity index (χ0n) is 8.67. The lowest BCUT2D eigenvalue weighted by Crippen LogP contribution is -2.46. The molecule has 1 aliphatic carbocycles. The van der Waals surface area contributed by atoms with Crippen molar-refractivity contribution in [1.29, 1.82) is 0 Å². The van der Waals surface area contributed by atoms with Gasteiger partial charge in [-0.05, 0) is 27.4 Å². The molecule has 1 aliphatic rings. The smallest absolute Gasteiger partial charge is 0.0513 e. The van der Waals surface area contributed by atoms with Crippen LogP contribution in [0.2, 0.25) is 0 Å². The highest BCUT2D eigenvalue weighted by molar-refractivity contribution is 5.26. The summed E-state index contributed by atoms with van der Waals surface area (Å²) in [6, 6.07) is 0. The second-order valence-corrected chi connectivity index (χ2v) is 4.16. The fraction of sp³-hybridized carbons (Fsp3) is 0.600. The van der Waals surface area contributed by atoms with Crippen LogP contribution in [-0.2, 0) is 0 Å². The summed E-state index contributed by atoms with van der Waals surface area (Å²) in [5.41, 5.74) is 4.18. The van der Waals surface area contributed by atoms with Crippen molar-refractivity contribution in [2.24, 2.45) is 5.84 Å². The molecule has 0 spiro atoms. The van der Waals surface area contributed by atoms with E-state index in [2.05, 4.69) is 49.6 Å². The van der Waals surface area contributed by atoms with E-state index < -0.39 is 0 Å². The summed E-state index contributed by atoms with van der Waals surface area (Å²) in [4.78, 5) is 2.17. The molecule has 0 aromatic heterocycles. The monoisotopic (exact) mass is 181 g/mol. The molecule has 0 fully saturated rings. The third kappa shape index (κ3) is 2.95. The predicted molar refractivity (Wildman–Crippen MR) is 56.1 cm³/mol. The molecular formula is C10H19N3. The lowest BCUT2D eigenvalue weighted by Gasteiger charge is -2.29. The summed E-state index contributed by atoms with van der Waals surface area (Å²) < 4.78 is 0. The van der Waals surface area contributed by atoms with Crippen molar-refractivity contribution in [2.75, 3.05) is 20.6 Å². The highest BCUT2D eigenvalue weighted by Gasteiger charge is 2.22. The van der Waals surface area contributed by atoms with E-state index in [1.807, 2.05) is 0 Å². The van der Waals surface area contributed by atoms with Crippen LogP contribution in [0, 0.1) is 0 Å². The first-order chi connectivity index (χ1) is 6.06. The van der Waals surface area contributed by atoms with Gasteiger partial charge in [-0.2, -0.15) is 0 Å². The number of allylic oxidation sites excluding steroid dienone is 2. The molecule has 0 heterocycles. The molecule has 0 saturated heterocycles. The summed E-state index contributed by atoms with van der Waals surface area (Å²) in [7, 11) is 4.15. The average Bonchev–Trinajstić information content (AvgIpc) is 2.03. The number of nitrogens with one attached hydrogen (secondary N) is 1. The lowest BCUT2D eigenvalue weighted by atomic mass is 9.89. The molecule has 1 atom stereocenters. The van der Waals surface area contributed by atoms with Crippen molar-refractivity contribution in [3.05, 3.63) is 23.8 Å². The molecule has 3 nitrogen and oxygen atoms in total. The Balaban J connectivity index is 2.61. The highest BCUT2D eigenvalue weighted by Crippen LogP contribution is 2.21. The Hall–Kier alpha value is -0.640. The van der Waals surface area contributed by atoms with Gasteiger partial charge in [0.25, 0.3) is 0 Å². The number of nitrogens with two attached hydrogens (primary N) is 1. The van der Waals surface area contributed by atoms with E-state index in [9.17, 15) is 0 Å². The zero-order chi connectivity index (χ0) is 9.90. The largest absolute Gasteiger partial charge is 0.305 e. The van der Waals surface area contributed by atoms with Crippen LogP contribution in [0.3, 0.4) is 0 Å². The third-order valence-electron chi connectivity index (χ3n) is 2.24. The summed E-state index contributed by atoms with van der Waals surface area (Å²) >= 11 is 0. The summed E-state index contributed by atoms with van der Waals surface area (Å²) in [6.07, 6.45) is 7.33. The van der Waals surface area contributed by atoms with E-state index in [0.717, 1.165) is 13.0 Å². The van der Waals surface area contributed by atoms with Crippen molar-refractivity contribution in [1.82, 2.24) is 10.3 Å². The van der Waals surface area contributed by atoms with Crippen molar-refractivity contribution in [3.8, 4) is 0 Å². The quantitative estimate of drug-likeness (QED) is 0.496. The fourth-order valence-electron chi connectivity index (χ4n) is 1.60. The van der Waals surface area contributed by atoms with Gasteiger partial charge in [0, 0.05) is 6.54 Å². The van der Waals surface area contributed by atoms with E-state index in [4.69, 9.17) is 5.84 Å². The topological polar surface area (TPSA) is 41.3 Å². The van der Waals surface area contributed by atoms with Gasteiger partial charge in [0.2, 0.25) is 0 Å². The van der Waals surface area contributed by atoms with Gasteiger partial charge >= 0.3 is 0 Å². The van der Waals surface area contributed by atoms with Crippen LogP contribution in [-0.4, -0.2) is 31.1 Å². The number of hydrazine groups is 1. The second-order valence-electron chi connectivity index (χ2n) is 4.16. The zero-order valence-corrected chi connectivity index (χ0v) is 8.67.